The minimum absolute atomic E-state index is 0.121. The van der Waals surface area contributed by atoms with Crippen molar-refractivity contribution in [2.24, 2.45) is 5.92 Å². The van der Waals surface area contributed by atoms with Crippen molar-refractivity contribution >= 4 is 27.3 Å². The molecule has 4 heteroatoms. The van der Waals surface area contributed by atoms with Gasteiger partial charge in [0.15, 0.2) is 5.78 Å². The number of para-hydroxylation sites is 1. The second kappa shape index (κ2) is 6.26. The monoisotopic (exact) mass is 277 g/mol. The van der Waals surface area contributed by atoms with Crippen LogP contribution in [0.15, 0.2) is 24.3 Å². The lowest BCUT2D eigenvalue weighted by molar-refractivity contribution is -0.132. The summed E-state index contributed by atoms with van der Waals surface area (Å²) in [4.78, 5) is 16.8. The van der Waals surface area contributed by atoms with Gasteiger partial charge in [-0.3, -0.25) is 4.79 Å². The summed E-state index contributed by atoms with van der Waals surface area (Å²) < 4.78 is 6.67. The van der Waals surface area contributed by atoms with Gasteiger partial charge in [0.2, 0.25) is 0 Å². The van der Waals surface area contributed by atoms with Crippen LogP contribution in [-0.4, -0.2) is 23.5 Å². The number of fused-ring (bicyclic) bond motifs is 1. The number of Topliss-reactive ketones (excluding diaryl/α,β-unsaturated/α-hetero) is 1. The van der Waals surface area contributed by atoms with Crippen LogP contribution in [0.1, 0.15) is 25.8 Å². The Hall–Kier alpha value is -1.26. The number of benzene rings is 1. The molecule has 102 valence electrons. The molecule has 0 amide bonds. The minimum atomic E-state index is -0.322. The Kier molecular flexibility index (Phi) is 4.66. The number of carbonyl (C=O) groups excluding carboxylic acids is 1. The Morgan fingerprint density at radius 2 is 2.11 bits per heavy atom. The minimum Gasteiger partial charge on any atom is -0.370 e. The highest BCUT2D eigenvalue weighted by Crippen LogP contribution is 2.23. The average molecular weight is 277 g/mol. The zero-order valence-electron chi connectivity index (χ0n) is 11.6. The lowest BCUT2D eigenvalue weighted by atomic mass is 10.0. The predicted molar refractivity (Wildman–Crippen MR) is 78.6 cm³/mol. The molecule has 2 rings (SSSR count). The summed E-state index contributed by atoms with van der Waals surface area (Å²) in [5.41, 5.74) is 0.966. The zero-order valence-corrected chi connectivity index (χ0v) is 12.4. The van der Waals surface area contributed by atoms with Crippen molar-refractivity contribution in [1.29, 1.82) is 0 Å². The van der Waals surface area contributed by atoms with E-state index in [1.54, 1.807) is 11.3 Å². The topological polar surface area (TPSA) is 39.2 Å². The van der Waals surface area contributed by atoms with Gasteiger partial charge in [0.05, 0.1) is 16.6 Å². The molecule has 0 aliphatic rings. The number of hydrogen-bond acceptors (Lipinski definition) is 4. The Balaban J connectivity index is 2.13. The predicted octanol–water partition coefficient (Wildman–Crippen LogP) is 3.47. The SMILES string of the molecule is CCOC(C(=O)Cc1nc2ccccc2s1)C(C)C. The summed E-state index contributed by atoms with van der Waals surface area (Å²) in [6, 6.07) is 7.96. The Morgan fingerprint density at radius 3 is 2.74 bits per heavy atom. The van der Waals surface area contributed by atoms with Crippen molar-refractivity contribution in [1.82, 2.24) is 4.98 Å². The number of aromatic nitrogens is 1. The molecule has 0 aliphatic heterocycles. The molecular weight excluding hydrogens is 258 g/mol. The number of ether oxygens (including phenoxy) is 1. The van der Waals surface area contributed by atoms with Gasteiger partial charge in [-0.05, 0) is 25.0 Å². The summed E-state index contributed by atoms with van der Waals surface area (Å²) >= 11 is 1.59. The van der Waals surface area contributed by atoms with E-state index in [9.17, 15) is 4.79 Å². The van der Waals surface area contributed by atoms with Crippen LogP contribution in [0.3, 0.4) is 0 Å². The molecule has 0 saturated heterocycles. The molecule has 1 unspecified atom stereocenters. The molecule has 19 heavy (non-hydrogen) atoms. The Morgan fingerprint density at radius 1 is 1.37 bits per heavy atom. The van der Waals surface area contributed by atoms with Crippen molar-refractivity contribution in [2.45, 2.75) is 33.3 Å². The van der Waals surface area contributed by atoms with Gasteiger partial charge >= 0.3 is 0 Å². The molecule has 0 aliphatic carbocycles. The Labute approximate surface area is 117 Å². The molecule has 3 nitrogen and oxygen atoms in total. The smallest absolute Gasteiger partial charge is 0.168 e. The molecule has 1 aromatic heterocycles. The van der Waals surface area contributed by atoms with E-state index in [0.717, 1.165) is 15.2 Å². The number of hydrogen-bond donors (Lipinski definition) is 0. The average Bonchev–Trinajstić information content (AvgIpc) is 2.77. The van der Waals surface area contributed by atoms with Crippen LogP contribution in [0.25, 0.3) is 10.2 Å². The molecule has 1 heterocycles. The van der Waals surface area contributed by atoms with Gasteiger partial charge in [0.1, 0.15) is 11.1 Å². The van der Waals surface area contributed by atoms with Gasteiger partial charge in [-0.2, -0.15) is 0 Å². The summed E-state index contributed by atoms with van der Waals surface area (Å²) in [5.74, 6) is 0.317. The van der Waals surface area contributed by atoms with Crippen molar-refractivity contribution in [3.8, 4) is 0 Å². The zero-order chi connectivity index (χ0) is 13.8. The van der Waals surface area contributed by atoms with E-state index in [0.29, 0.717) is 13.0 Å². The van der Waals surface area contributed by atoms with Gasteiger partial charge in [0.25, 0.3) is 0 Å². The first-order valence-corrected chi connectivity index (χ1v) is 7.42. The third-order valence-electron chi connectivity index (χ3n) is 2.93. The molecule has 0 spiro atoms. The number of thiazole rings is 1. The normalized spacial score (nSPS) is 13.1. The van der Waals surface area contributed by atoms with Crippen molar-refractivity contribution in [3.05, 3.63) is 29.3 Å². The van der Waals surface area contributed by atoms with Gasteiger partial charge in [-0.15, -0.1) is 11.3 Å². The van der Waals surface area contributed by atoms with Crippen LogP contribution >= 0.6 is 11.3 Å². The maximum Gasteiger partial charge on any atom is 0.168 e. The van der Waals surface area contributed by atoms with E-state index < -0.39 is 0 Å². The molecule has 2 aromatic rings. The highest BCUT2D eigenvalue weighted by Gasteiger charge is 2.23. The number of ketones is 1. The third-order valence-corrected chi connectivity index (χ3v) is 3.97. The number of rotatable bonds is 6. The standard InChI is InChI=1S/C15H19NO2S/c1-4-18-15(10(2)3)12(17)9-14-16-11-7-5-6-8-13(11)19-14/h5-8,10,15H,4,9H2,1-3H3. The van der Waals surface area contributed by atoms with Crippen molar-refractivity contribution < 1.29 is 9.53 Å². The van der Waals surface area contributed by atoms with Crippen LogP contribution in [0, 0.1) is 5.92 Å². The van der Waals surface area contributed by atoms with Gasteiger partial charge < -0.3 is 4.74 Å². The van der Waals surface area contributed by atoms with E-state index in [2.05, 4.69) is 4.98 Å². The van der Waals surface area contributed by atoms with Crippen LogP contribution < -0.4 is 0 Å². The fourth-order valence-corrected chi connectivity index (χ4v) is 3.06. The highest BCUT2D eigenvalue weighted by atomic mass is 32.1. The summed E-state index contributed by atoms with van der Waals surface area (Å²) in [5, 5.41) is 0.872. The van der Waals surface area contributed by atoms with Gasteiger partial charge in [-0.25, -0.2) is 4.98 Å². The molecular formula is C15H19NO2S. The maximum absolute atomic E-state index is 12.3. The second-order valence-corrected chi connectivity index (χ2v) is 5.95. The van der Waals surface area contributed by atoms with E-state index >= 15 is 0 Å². The molecule has 0 N–H and O–H groups in total. The fraction of sp³-hybridized carbons (Fsp3) is 0.467. The van der Waals surface area contributed by atoms with Crippen LogP contribution in [0.2, 0.25) is 0 Å². The molecule has 0 bridgehead atoms. The van der Waals surface area contributed by atoms with E-state index in [1.807, 2.05) is 45.0 Å². The molecule has 0 radical (unpaired) electrons. The van der Waals surface area contributed by atoms with E-state index in [-0.39, 0.29) is 17.8 Å². The fourth-order valence-electron chi connectivity index (χ4n) is 2.08. The molecule has 0 saturated carbocycles. The first-order chi connectivity index (χ1) is 9.11. The summed E-state index contributed by atoms with van der Waals surface area (Å²) in [6.07, 6.45) is 0.0411. The van der Waals surface area contributed by atoms with Crippen molar-refractivity contribution in [3.63, 3.8) is 0 Å². The first kappa shape index (κ1) is 14.2. The lowest BCUT2D eigenvalue weighted by Gasteiger charge is -2.18. The van der Waals surface area contributed by atoms with E-state index in [4.69, 9.17) is 4.74 Å². The second-order valence-electron chi connectivity index (χ2n) is 4.84. The van der Waals surface area contributed by atoms with E-state index in [1.165, 1.54) is 0 Å². The third kappa shape index (κ3) is 3.39. The first-order valence-electron chi connectivity index (χ1n) is 6.60. The largest absolute Gasteiger partial charge is 0.370 e. The maximum atomic E-state index is 12.3. The summed E-state index contributed by atoms with van der Waals surface area (Å²) in [6.45, 7) is 6.50. The molecule has 0 fully saturated rings. The highest BCUT2D eigenvalue weighted by molar-refractivity contribution is 7.18. The van der Waals surface area contributed by atoms with Crippen LogP contribution in [-0.2, 0) is 16.0 Å². The van der Waals surface area contributed by atoms with Crippen molar-refractivity contribution in [2.75, 3.05) is 6.61 Å². The molecule has 1 aromatic carbocycles. The lowest BCUT2D eigenvalue weighted by Crippen LogP contribution is -2.31. The number of carbonyl (C=O) groups is 1. The van der Waals surface area contributed by atoms with Gasteiger partial charge in [-0.1, -0.05) is 26.0 Å². The number of nitrogens with zero attached hydrogens (tertiary/aromatic N) is 1. The summed E-state index contributed by atoms with van der Waals surface area (Å²) in [7, 11) is 0. The van der Waals surface area contributed by atoms with Crippen LogP contribution in [0.5, 0.6) is 0 Å². The quantitative estimate of drug-likeness (QED) is 0.811. The van der Waals surface area contributed by atoms with Gasteiger partial charge in [0, 0.05) is 6.61 Å². The molecule has 1 atom stereocenters. The van der Waals surface area contributed by atoms with Crippen LogP contribution in [0.4, 0.5) is 0 Å². The Bertz CT molecular complexity index is 529.